The number of aliphatic hydroxyl groups excluding tert-OH is 1. The van der Waals surface area contributed by atoms with Crippen molar-refractivity contribution in [2.45, 2.75) is 25.4 Å². The van der Waals surface area contributed by atoms with E-state index in [0.29, 0.717) is 10.8 Å². The normalized spacial score (nSPS) is 22.3. The average molecular weight is 312 g/mol. The van der Waals surface area contributed by atoms with Crippen LogP contribution in [0.5, 0.6) is 11.5 Å². The summed E-state index contributed by atoms with van der Waals surface area (Å²) in [5.74, 6) is 1.60. The van der Waals surface area contributed by atoms with Crippen molar-refractivity contribution in [2.75, 3.05) is 20.8 Å². The molecule has 0 heterocycles. The third-order valence-electron chi connectivity index (χ3n) is 3.84. The van der Waals surface area contributed by atoms with Crippen LogP contribution in [0.1, 0.15) is 24.9 Å². The maximum absolute atomic E-state index is 9.18. The summed E-state index contributed by atoms with van der Waals surface area (Å²) >= 11 is 6.21. The van der Waals surface area contributed by atoms with Crippen molar-refractivity contribution < 1.29 is 14.6 Å². The summed E-state index contributed by atoms with van der Waals surface area (Å²) in [7, 11) is 3.22. The van der Waals surface area contributed by atoms with Crippen LogP contribution in [0, 0.1) is 5.92 Å². The predicted octanol–water partition coefficient (Wildman–Crippen LogP) is 2.94. The monoisotopic (exact) mass is 311 g/mol. The highest BCUT2D eigenvalue weighted by atomic mass is 35.5. The van der Waals surface area contributed by atoms with Gasteiger partial charge in [-0.05, 0) is 19.4 Å². The lowest BCUT2D eigenvalue weighted by Crippen LogP contribution is -2.29. The van der Waals surface area contributed by atoms with Crippen molar-refractivity contribution in [1.29, 1.82) is 0 Å². The molecule has 0 amide bonds. The lowest BCUT2D eigenvalue weighted by Gasteiger charge is -2.22. The Bertz CT molecular complexity index is 518. The van der Waals surface area contributed by atoms with Crippen LogP contribution in [0.2, 0.25) is 5.02 Å². The van der Waals surface area contributed by atoms with Gasteiger partial charge in [0.2, 0.25) is 0 Å². The number of hydrogen-bond donors (Lipinski definition) is 2. The van der Waals surface area contributed by atoms with Gasteiger partial charge in [-0.25, -0.2) is 0 Å². The van der Waals surface area contributed by atoms with Gasteiger partial charge in [-0.1, -0.05) is 23.8 Å². The Kier molecular flexibility index (Phi) is 5.51. The van der Waals surface area contributed by atoms with Crippen molar-refractivity contribution in [1.82, 2.24) is 5.32 Å². The lowest BCUT2D eigenvalue weighted by atomic mass is 10.0. The fourth-order valence-corrected chi connectivity index (χ4v) is 2.92. The van der Waals surface area contributed by atoms with Gasteiger partial charge in [0.15, 0.2) is 0 Å². The van der Waals surface area contributed by atoms with Gasteiger partial charge >= 0.3 is 0 Å². The third-order valence-corrected chi connectivity index (χ3v) is 4.14. The zero-order valence-corrected chi connectivity index (χ0v) is 13.4. The van der Waals surface area contributed by atoms with Crippen LogP contribution in [0.3, 0.4) is 0 Å². The zero-order valence-electron chi connectivity index (χ0n) is 12.6. The average Bonchev–Trinajstić information content (AvgIpc) is 2.94. The van der Waals surface area contributed by atoms with Crippen LogP contribution in [0.4, 0.5) is 0 Å². The Morgan fingerprint density at radius 1 is 1.29 bits per heavy atom. The molecule has 0 saturated heterocycles. The molecule has 3 atom stereocenters. The van der Waals surface area contributed by atoms with Gasteiger partial charge in [-0.2, -0.15) is 0 Å². The molecule has 0 bridgehead atoms. The van der Waals surface area contributed by atoms with E-state index in [1.165, 1.54) is 0 Å². The second-order valence-electron chi connectivity index (χ2n) is 5.29. The van der Waals surface area contributed by atoms with Gasteiger partial charge in [-0.15, -0.1) is 0 Å². The van der Waals surface area contributed by atoms with Crippen LogP contribution in [-0.2, 0) is 0 Å². The number of benzene rings is 1. The van der Waals surface area contributed by atoms with E-state index in [1.807, 2.05) is 6.07 Å². The summed E-state index contributed by atoms with van der Waals surface area (Å²) < 4.78 is 10.6. The molecular formula is C16H22ClNO3. The number of ether oxygens (including phenoxy) is 2. The molecule has 4 nitrogen and oxygen atoms in total. The number of aliphatic hydroxyl groups is 1. The largest absolute Gasteiger partial charge is 0.496 e. The number of nitrogens with one attached hydrogen (secondary N) is 1. The van der Waals surface area contributed by atoms with Crippen LogP contribution < -0.4 is 14.8 Å². The Morgan fingerprint density at radius 3 is 2.57 bits per heavy atom. The standard InChI is InChI=1S/C16H22ClNO3/c1-10(18-12-5-4-11(6-12)9-19)13-7-14(17)16(21-3)8-15(13)20-2/h4-5,7-8,10-12,18-19H,6,9H2,1-3H3/t10-,11+,12-/m1/s1. The van der Waals surface area contributed by atoms with Crippen LogP contribution in [0.25, 0.3) is 0 Å². The first-order valence-electron chi connectivity index (χ1n) is 7.05. The molecule has 116 valence electrons. The molecule has 5 heteroatoms. The van der Waals surface area contributed by atoms with Gasteiger partial charge in [0, 0.05) is 36.2 Å². The van der Waals surface area contributed by atoms with E-state index in [2.05, 4.69) is 24.4 Å². The van der Waals surface area contributed by atoms with Crippen molar-refractivity contribution in [2.24, 2.45) is 5.92 Å². The second kappa shape index (κ2) is 7.16. The van der Waals surface area contributed by atoms with E-state index in [1.54, 1.807) is 20.3 Å². The highest BCUT2D eigenvalue weighted by Gasteiger charge is 2.22. The minimum Gasteiger partial charge on any atom is -0.496 e. The molecule has 0 saturated carbocycles. The van der Waals surface area contributed by atoms with E-state index < -0.39 is 0 Å². The molecule has 0 unspecified atom stereocenters. The molecule has 0 aromatic heterocycles. The SMILES string of the molecule is COc1cc(OC)c([C@@H](C)N[C@@H]2C=C[C@H](CO)C2)cc1Cl. The summed E-state index contributed by atoms with van der Waals surface area (Å²) in [6.45, 7) is 2.27. The Balaban J connectivity index is 2.13. The molecule has 2 rings (SSSR count). The van der Waals surface area contributed by atoms with E-state index in [9.17, 15) is 5.11 Å². The maximum Gasteiger partial charge on any atom is 0.141 e. The Morgan fingerprint density at radius 2 is 2.00 bits per heavy atom. The number of hydrogen-bond acceptors (Lipinski definition) is 4. The summed E-state index contributed by atoms with van der Waals surface area (Å²) in [4.78, 5) is 0. The topological polar surface area (TPSA) is 50.7 Å². The summed E-state index contributed by atoms with van der Waals surface area (Å²) in [6, 6.07) is 4.01. The lowest BCUT2D eigenvalue weighted by molar-refractivity contribution is 0.245. The summed E-state index contributed by atoms with van der Waals surface area (Å²) in [5.41, 5.74) is 0.990. The summed E-state index contributed by atoms with van der Waals surface area (Å²) in [6.07, 6.45) is 5.07. The fourth-order valence-electron chi connectivity index (χ4n) is 2.67. The van der Waals surface area contributed by atoms with Crippen molar-refractivity contribution in [3.63, 3.8) is 0 Å². The molecule has 0 radical (unpaired) electrons. The Labute approximate surface area is 130 Å². The second-order valence-corrected chi connectivity index (χ2v) is 5.69. The van der Waals surface area contributed by atoms with Gasteiger partial charge in [0.25, 0.3) is 0 Å². The van der Waals surface area contributed by atoms with Crippen molar-refractivity contribution in [3.8, 4) is 11.5 Å². The number of halogens is 1. The molecule has 0 fully saturated rings. The van der Waals surface area contributed by atoms with Crippen molar-refractivity contribution in [3.05, 3.63) is 34.9 Å². The molecular weight excluding hydrogens is 290 g/mol. The fraction of sp³-hybridized carbons (Fsp3) is 0.500. The van der Waals surface area contributed by atoms with E-state index in [4.69, 9.17) is 21.1 Å². The first-order valence-corrected chi connectivity index (χ1v) is 7.43. The van der Waals surface area contributed by atoms with Crippen LogP contribution in [0.15, 0.2) is 24.3 Å². The molecule has 0 aliphatic heterocycles. The van der Waals surface area contributed by atoms with Crippen LogP contribution >= 0.6 is 11.6 Å². The smallest absolute Gasteiger partial charge is 0.141 e. The molecule has 0 spiro atoms. The number of methoxy groups -OCH3 is 2. The zero-order chi connectivity index (χ0) is 15.4. The van der Waals surface area contributed by atoms with E-state index in [0.717, 1.165) is 17.7 Å². The first-order chi connectivity index (χ1) is 10.1. The molecule has 2 N–H and O–H groups in total. The van der Waals surface area contributed by atoms with E-state index in [-0.39, 0.29) is 24.6 Å². The number of rotatable bonds is 6. The van der Waals surface area contributed by atoms with Gasteiger partial charge in [0.1, 0.15) is 11.5 Å². The van der Waals surface area contributed by atoms with Gasteiger partial charge in [0.05, 0.1) is 19.2 Å². The molecule has 1 aliphatic rings. The minimum absolute atomic E-state index is 0.0791. The minimum atomic E-state index is 0.0791. The Hall–Kier alpha value is -1.23. The predicted molar refractivity (Wildman–Crippen MR) is 84.2 cm³/mol. The quantitative estimate of drug-likeness (QED) is 0.793. The molecule has 1 aliphatic carbocycles. The van der Waals surface area contributed by atoms with Crippen LogP contribution in [-0.4, -0.2) is 32.0 Å². The summed E-state index contributed by atoms with van der Waals surface area (Å²) in [5, 5.41) is 13.3. The first kappa shape index (κ1) is 16.1. The van der Waals surface area contributed by atoms with Gasteiger partial charge < -0.3 is 19.9 Å². The molecule has 1 aromatic carbocycles. The highest BCUT2D eigenvalue weighted by molar-refractivity contribution is 6.32. The maximum atomic E-state index is 9.18. The van der Waals surface area contributed by atoms with E-state index >= 15 is 0 Å². The van der Waals surface area contributed by atoms with Crippen molar-refractivity contribution >= 4 is 11.6 Å². The van der Waals surface area contributed by atoms with Gasteiger partial charge in [-0.3, -0.25) is 0 Å². The highest BCUT2D eigenvalue weighted by Crippen LogP contribution is 2.36. The molecule has 1 aromatic rings. The molecule has 21 heavy (non-hydrogen) atoms. The third kappa shape index (κ3) is 3.70.